The first-order valence-electron chi connectivity index (χ1n) is 9.78. The molecular weight excluding hydrogens is 368 g/mol. The van der Waals surface area contributed by atoms with Crippen molar-refractivity contribution in [3.63, 3.8) is 0 Å². The lowest BCUT2D eigenvalue weighted by Gasteiger charge is -2.45. The zero-order valence-corrected chi connectivity index (χ0v) is 16.2. The molecule has 8 nitrogen and oxygen atoms in total. The maximum atomic E-state index is 12.7. The zero-order valence-electron chi connectivity index (χ0n) is 15.4. The summed E-state index contributed by atoms with van der Waals surface area (Å²) in [6, 6.07) is 1.79. The molecule has 150 valence electrons. The van der Waals surface area contributed by atoms with Gasteiger partial charge in [0.15, 0.2) is 0 Å². The second-order valence-electron chi connectivity index (χ2n) is 7.95. The summed E-state index contributed by atoms with van der Waals surface area (Å²) in [7, 11) is -3.60. The molecule has 3 fully saturated rings. The van der Waals surface area contributed by atoms with Gasteiger partial charge in [0, 0.05) is 31.4 Å². The number of nitrogens with one attached hydrogen (secondary N) is 2. The molecule has 2 aliphatic carbocycles. The number of nitrogens with two attached hydrogens (primary N) is 1. The first-order chi connectivity index (χ1) is 12.9. The highest BCUT2D eigenvalue weighted by atomic mass is 32.2. The number of H-pyrrole nitrogens is 1. The van der Waals surface area contributed by atoms with Gasteiger partial charge in [-0.1, -0.05) is 6.42 Å². The molecule has 1 amide bonds. The summed E-state index contributed by atoms with van der Waals surface area (Å²) in [5.41, 5.74) is 6.44. The first-order valence-corrected chi connectivity index (χ1v) is 11.2. The average molecular weight is 397 g/mol. The van der Waals surface area contributed by atoms with Crippen LogP contribution in [0.3, 0.4) is 0 Å². The van der Waals surface area contributed by atoms with Gasteiger partial charge >= 0.3 is 0 Å². The van der Waals surface area contributed by atoms with Crippen molar-refractivity contribution in [3.8, 4) is 0 Å². The first kappa shape index (κ1) is 18.9. The molecule has 3 aliphatic rings. The van der Waals surface area contributed by atoms with Gasteiger partial charge in [-0.2, -0.15) is 4.31 Å². The molecule has 2 unspecified atom stereocenters. The lowest BCUT2D eigenvalue weighted by molar-refractivity contribution is 0.0730. The summed E-state index contributed by atoms with van der Waals surface area (Å²) in [4.78, 5) is 15.7. The summed E-state index contributed by atoms with van der Waals surface area (Å²) >= 11 is 0. The third-order valence-electron chi connectivity index (χ3n) is 6.18. The van der Waals surface area contributed by atoms with Crippen molar-refractivity contribution in [1.29, 1.82) is 0 Å². The minimum atomic E-state index is -3.60. The minimum Gasteiger partial charge on any atom is -0.379 e. The molecule has 27 heavy (non-hydrogen) atoms. The van der Waals surface area contributed by atoms with Crippen LogP contribution in [0.25, 0.3) is 0 Å². The predicted octanol–water partition coefficient (Wildman–Crippen LogP) is 0.671. The summed E-state index contributed by atoms with van der Waals surface area (Å²) in [5, 5.41) is 3.15. The number of hydrogen-bond donors (Lipinski definition) is 3. The quantitative estimate of drug-likeness (QED) is 0.691. The number of sulfonamides is 1. The lowest BCUT2D eigenvalue weighted by Crippen LogP contribution is -2.53. The van der Waals surface area contributed by atoms with Gasteiger partial charge < -0.3 is 20.8 Å². The van der Waals surface area contributed by atoms with E-state index < -0.39 is 10.0 Å². The predicted molar refractivity (Wildman–Crippen MR) is 99.7 cm³/mol. The molecule has 0 aromatic carbocycles. The molecule has 4 rings (SSSR count). The molecule has 0 spiro atoms. The number of rotatable bonds is 4. The van der Waals surface area contributed by atoms with E-state index in [0.29, 0.717) is 38.1 Å². The van der Waals surface area contributed by atoms with Crippen molar-refractivity contribution in [2.24, 2.45) is 17.6 Å². The molecule has 2 bridgehead atoms. The van der Waals surface area contributed by atoms with Crippen molar-refractivity contribution < 1.29 is 17.9 Å². The van der Waals surface area contributed by atoms with Crippen molar-refractivity contribution >= 4 is 15.9 Å². The Bertz CT molecular complexity index is 773. The van der Waals surface area contributed by atoms with E-state index in [1.165, 1.54) is 23.0 Å². The van der Waals surface area contributed by atoms with Crippen LogP contribution in [-0.4, -0.2) is 62.0 Å². The zero-order chi connectivity index (χ0) is 19.0. The van der Waals surface area contributed by atoms with E-state index in [-0.39, 0.29) is 28.6 Å². The number of carbonyl (C=O) groups is 1. The Kier molecular flexibility index (Phi) is 5.28. The number of aromatic nitrogens is 1. The number of hydrogen-bond acceptors (Lipinski definition) is 5. The molecule has 4 N–H and O–H groups in total. The SMILES string of the molecule is NC1CC2CCCC(C1)C2NC(=O)c1cc(S(=O)(=O)N2CCOCC2)c[nH]1. The van der Waals surface area contributed by atoms with Gasteiger partial charge in [0.05, 0.1) is 13.2 Å². The standard InChI is InChI=1S/C18H28N4O4S/c19-14-8-12-2-1-3-13(9-14)17(12)21-18(23)16-10-15(11-20-16)27(24,25)22-4-6-26-7-5-22/h10-14,17,20H,1-9,19H2,(H,21,23). The summed E-state index contributed by atoms with van der Waals surface area (Å²) in [6.07, 6.45) is 6.68. The third kappa shape index (κ3) is 3.78. The number of ether oxygens (including phenoxy) is 1. The fourth-order valence-electron chi connectivity index (χ4n) is 4.84. The van der Waals surface area contributed by atoms with Crippen LogP contribution in [0.15, 0.2) is 17.2 Å². The van der Waals surface area contributed by atoms with Crippen LogP contribution in [0.2, 0.25) is 0 Å². The maximum Gasteiger partial charge on any atom is 0.267 e. The molecular formula is C18H28N4O4S. The van der Waals surface area contributed by atoms with Gasteiger partial charge in [0.25, 0.3) is 5.91 Å². The highest BCUT2D eigenvalue weighted by Crippen LogP contribution is 2.39. The molecule has 0 radical (unpaired) electrons. The van der Waals surface area contributed by atoms with Crippen LogP contribution < -0.4 is 11.1 Å². The molecule has 1 saturated heterocycles. The monoisotopic (exact) mass is 396 g/mol. The molecule has 2 heterocycles. The number of carbonyl (C=O) groups excluding carboxylic acids is 1. The Hall–Kier alpha value is -1.42. The molecule has 2 atom stereocenters. The van der Waals surface area contributed by atoms with Crippen LogP contribution in [0.5, 0.6) is 0 Å². The van der Waals surface area contributed by atoms with E-state index in [2.05, 4.69) is 10.3 Å². The summed E-state index contributed by atoms with van der Waals surface area (Å²) < 4.78 is 32.0. The molecule has 9 heteroatoms. The van der Waals surface area contributed by atoms with Crippen LogP contribution in [0.4, 0.5) is 0 Å². The van der Waals surface area contributed by atoms with E-state index in [1.54, 1.807) is 0 Å². The van der Waals surface area contributed by atoms with Gasteiger partial charge in [-0.25, -0.2) is 8.42 Å². The van der Waals surface area contributed by atoms with E-state index in [0.717, 1.165) is 25.7 Å². The van der Waals surface area contributed by atoms with Crippen LogP contribution >= 0.6 is 0 Å². The van der Waals surface area contributed by atoms with Gasteiger partial charge in [-0.3, -0.25) is 4.79 Å². The van der Waals surface area contributed by atoms with E-state index in [4.69, 9.17) is 10.5 Å². The Morgan fingerprint density at radius 1 is 1.22 bits per heavy atom. The number of fused-ring (bicyclic) bond motifs is 2. The minimum absolute atomic E-state index is 0.125. The largest absolute Gasteiger partial charge is 0.379 e. The fourth-order valence-corrected chi connectivity index (χ4v) is 6.25. The normalized spacial score (nSPS) is 32.2. The molecule has 1 aromatic rings. The van der Waals surface area contributed by atoms with Crippen LogP contribution in [0, 0.1) is 11.8 Å². The molecule has 2 saturated carbocycles. The fraction of sp³-hybridized carbons (Fsp3) is 0.722. The topological polar surface area (TPSA) is 118 Å². The number of morpholine rings is 1. The van der Waals surface area contributed by atoms with E-state index in [9.17, 15) is 13.2 Å². The van der Waals surface area contributed by atoms with E-state index in [1.807, 2.05) is 0 Å². The Morgan fingerprint density at radius 2 is 1.89 bits per heavy atom. The Balaban J connectivity index is 1.46. The molecule has 1 aromatic heterocycles. The number of nitrogens with zero attached hydrogens (tertiary/aromatic N) is 1. The van der Waals surface area contributed by atoms with Crippen molar-refractivity contribution in [2.45, 2.75) is 49.1 Å². The highest BCUT2D eigenvalue weighted by Gasteiger charge is 2.40. The number of amides is 1. The van der Waals surface area contributed by atoms with Crippen molar-refractivity contribution in [1.82, 2.24) is 14.6 Å². The van der Waals surface area contributed by atoms with Crippen molar-refractivity contribution in [2.75, 3.05) is 26.3 Å². The number of aromatic amines is 1. The van der Waals surface area contributed by atoms with Crippen LogP contribution in [0.1, 0.15) is 42.6 Å². The van der Waals surface area contributed by atoms with Gasteiger partial charge in [0.1, 0.15) is 10.6 Å². The smallest absolute Gasteiger partial charge is 0.267 e. The maximum absolute atomic E-state index is 12.7. The van der Waals surface area contributed by atoms with E-state index >= 15 is 0 Å². The second kappa shape index (κ2) is 7.54. The summed E-state index contributed by atoms with van der Waals surface area (Å²) in [6.45, 7) is 1.45. The van der Waals surface area contributed by atoms with Crippen molar-refractivity contribution in [3.05, 3.63) is 18.0 Å². The van der Waals surface area contributed by atoms with Gasteiger partial charge in [-0.15, -0.1) is 0 Å². The molecule has 1 aliphatic heterocycles. The third-order valence-corrected chi connectivity index (χ3v) is 8.06. The van der Waals surface area contributed by atoms with Crippen LogP contribution in [-0.2, 0) is 14.8 Å². The second-order valence-corrected chi connectivity index (χ2v) is 9.89. The lowest BCUT2D eigenvalue weighted by atomic mass is 9.67. The van der Waals surface area contributed by atoms with Gasteiger partial charge in [0.2, 0.25) is 10.0 Å². The Morgan fingerprint density at radius 3 is 2.56 bits per heavy atom. The summed E-state index contributed by atoms with van der Waals surface area (Å²) in [5.74, 6) is 0.599. The average Bonchev–Trinajstić information content (AvgIpc) is 3.14. The van der Waals surface area contributed by atoms with Gasteiger partial charge in [-0.05, 0) is 43.6 Å². The highest BCUT2D eigenvalue weighted by molar-refractivity contribution is 7.89. The Labute approximate surface area is 159 Å².